The number of amides is 1. The summed E-state index contributed by atoms with van der Waals surface area (Å²) in [5.74, 6) is -0.212. The highest BCUT2D eigenvalue weighted by molar-refractivity contribution is 7.89. The minimum Gasteiger partial charge on any atom is -0.340 e. The van der Waals surface area contributed by atoms with Gasteiger partial charge in [-0.25, -0.2) is 12.8 Å². The van der Waals surface area contributed by atoms with Crippen LogP contribution in [0.1, 0.15) is 18.4 Å². The zero-order chi connectivity index (χ0) is 21.8. The largest absolute Gasteiger partial charge is 0.340 e. The summed E-state index contributed by atoms with van der Waals surface area (Å²) in [4.78, 5) is 17.4. The molecule has 166 valence electrons. The monoisotopic (exact) mass is 445 g/mol. The van der Waals surface area contributed by atoms with E-state index in [9.17, 15) is 17.6 Å². The molecule has 2 aliphatic rings. The number of sulfonamides is 1. The first-order chi connectivity index (χ1) is 14.9. The van der Waals surface area contributed by atoms with Crippen molar-refractivity contribution in [1.29, 1.82) is 0 Å². The molecule has 2 heterocycles. The van der Waals surface area contributed by atoms with E-state index in [1.165, 1.54) is 16.4 Å². The molecule has 2 saturated heterocycles. The number of piperidine rings is 1. The van der Waals surface area contributed by atoms with Crippen molar-refractivity contribution in [3.05, 3.63) is 66.0 Å². The molecule has 2 fully saturated rings. The van der Waals surface area contributed by atoms with Gasteiger partial charge in [-0.05, 0) is 49.2 Å². The summed E-state index contributed by atoms with van der Waals surface area (Å²) in [6, 6.07) is 14.9. The van der Waals surface area contributed by atoms with E-state index in [0.717, 1.165) is 24.9 Å². The van der Waals surface area contributed by atoms with Crippen molar-refractivity contribution in [2.75, 3.05) is 39.3 Å². The SMILES string of the molecule is O=C(C1CCCN(Cc2ccc(F)cc2)C1)N1CCN(S(=O)(=O)c2ccccc2)CC1. The van der Waals surface area contributed by atoms with Crippen LogP contribution < -0.4 is 0 Å². The van der Waals surface area contributed by atoms with E-state index in [-0.39, 0.29) is 17.6 Å². The van der Waals surface area contributed by atoms with Gasteiger partial charge in [0.2, 0.25) is 15.9 Å². The van der Waals surface area contributed by atoms with Crippen LogP contribution in [0.15, 0.2) is 59.5 Å². The third-order valence-electron chi connectivity index (χ3n) is 6.11. The Morgan fingerprint density at radius 2 is 1.61 bits per heavy atom. The van der Waals surface area contributed by atoms with Crippen LogP contribution in [0.3, 0.4) is 0 Å². The smallest absolute Gasteiger partial charge is 0.243 e. The van der Waals surface area contributed by atoms with Crippen molar-refractivity contribution in [2.45, 2.75) is 24.3 Å². The average Bonchev–Trinajstić information content (AvgIpc) is 2.81. The molecule has 0 aromatic heterocycles. The number of carbonyl (C=O) groups excluding carboxylic acids is 1. The molecule has 1 amide bonds. The third kappa shape index (κ3) is 5.14. The fourth-order valence-corrected chi connectivity index (χ4v) is 5.84. The van der Waals surface area contributed by atoms with Gasteiger partial charge in [-0.1, -0.05) is 30.3 Å². The standard InChI is InChI=1S/C23H28FN3O3S/c24-21-10-8-19(9-11-21)17-25-12-4-5-20(18-25)23(28)26-13-15-27(16-14-26)31(29,30)22-6-2-1-3-7-22/h1-3,6-11,20H,4-5,12-18H2. The molecular weight excluding hydrogens is 417 g/mol. The van der Waals surface area contributed by atoms with Gasteiger partial charge in [-0.15, -0.1) is 0 Å². The molecule has 0 spiro atoms. The lowest BCUT2D eigenvalue weighted by Crippen LogP contribution is -2.53. The lowest BCUT2D eigenvalue weighted by Gasteiger charge is -2.38. The van der Waals surface area contributed by atoms with Crippen molar-refractivity contribution in [1.82, 2.24) is 14.1 Å². The molecular formula is C23H28FN3O3S. The minimum atomic E-state index is -3.52. The van der Waals surface area contributed by atoms with Crippen LogP contribution in [0, 0.1) is 11.7 Å². The number of benzene rings is 2. The maximum Gasteiger partial charge on any atom is 0.243 e. The maximum absolute atomic E-state index is 13.1. The topological polar surface area (TPSA) is 60.9 Å². The predicted octanol–water partition coefficient (Wildman–Crippen LogP) is 2.57. The van der Waals surface area contributed by atoms with Crippen molar-refractivity contribution in [3.63, 3.8) is 0 Å². The predicted molar refractivity (Wildman–Crippen MR) is 116 cm³/mol. The van der Waals surface area contributed by atoms with Gasteiger partial charge in [0.25, 0.3) is 0 Å². The summed E-state index contributed by atoms with van der Waals surface area (Å²) >= 11 is 0. The summed E-state index contributed by atoms with van der Waals surface area (Å²) in [5.41, 5.74) is 1.04. The Hall–Kier alpha value is -2.29. The quantitative estimate of drug-likeness (QED) is 0.710. The van der Waals surface area contributed by atoms with Gasteiger partial charge in [-0.2, -0.15) is 4.31 Å². The van der Waals surface area contributed by atoms with Gasteiger partial charge < -0.3 is 4.90 Å². The zero-order valence-electron chi connectivity index (χ0n) is 17.5. The van der Waals surface area contributed by atoms with Gasteiger partial charge >= 0.3 is 0 Å². The second-order valence-electron chi connectivity index (χ2n) is 8.24. The van der Waals surface area contributed by atoms with Gasteiger partial charge in [0.05, 0.1) is 10.8 Å². The van der Waals surface area contributed by atoms with Crippen LogP contribution in [0.2, 0.25) is 0 Å². The lowest BCUT2D eigenvalue weighted by atomic mass is 9.95. The minimum absolute atomic E-state index is 0.0773. The van der Waals surface area contributed by atoms with Gasteiger partial charge in [-0.3, -0.25) is 9.69 Å². The van der Waals surface area contributed by atoms with Crippen molar-refractivity contribution < 1.29 is 17.6 Å². The van der Waals surface area contributed by atoms with E-state index in [2.05, 4.69) is 4.90 Å². The molecule has 0 saturated carbocycles. The number of halogens is 1. The first-order valence-corrected chi connectivity index (χ1v) is 12.2. The number of nitrogens with zero attached hydrogens (tertiary/aromatic N) is 3. The van der Waals surface area contributed by atoms with Crippen LogP contribution in [-0.4, -0.2) is 67.7 Å². The Kier molecular flexibility index (Phi) is 6.69. The van der Waals surface area contributed by atoms with Crippen molar-refractivity contribution in [3.8, 4) is 0 Å². The molecule has 8 heteroatoms. The van der Waals surface area contributed by atoms with E-state index in [1.807, 2.05) is 4.90 Å². The summed E-state index contributed by atoms with van der Waals surface area (Å²) in [7, 11) is -3.52. The molecule has 1 unspecified atom stereocenters. The van der Waals surface area contributed by atoms with Gasteiger partial charge in [0, 0.05) is 39.3 Å². The second-order valence-corrected chi connectivity index (χ2v) is 10.2. The Bertz CT molecular complexity index is 990. The summed E-state index contributed by atoms with van der Waals surface area (Å²) in [5, 5.41) is 0. The highest BCUT2D eigenvalue weighted by atomic mass is 32.2. The Balaban J connectivity index is 1.32. The molecule has 1 atom stereocenters. The van der Waals surface area contributed by atoms with Crippen LogP contribution in [0.4, 0.5) is 4.39 Å². The number of piperazine rings is 1. The first kappa shape index (κ1) is 21.9. The van der Waals surface area contributed by atoms with E-state index in [0.29, 0.717) is 44.2 Å². The molecule has 0 N–H and O–H groups in total. The Labute approximate surface area is 183 Å². The van der Waals surface area contributed by atoms with Gasteiger partial charge in [0.15, 0.2) is 0 Å². The van der Waals surface area contributed by atoms with Crippen molar-refractivity contribution >= 4 is 15.9 Å². The highest BCUT2D eigenvalue weighted by Gasteiger charge is 2.34. The highest BCUT2D eigenvalue weighted by Crippen LogP contribution is 2.23. The second kappa shape index (κ2) is 9.46. The van der Waals surface area contributed by atoms with Crippen molar-refractivity contribution in [2.24, 2.45) is 5.92 Å². The lowest BCUT2D eigenvalue weighted by molar-refractivity contribution is -0.138. The number of rotatable bonds is 5. The normalized spacial score (nSPS) is 21.2. The molecule has 31 heavy (non-hydrogen) atoms. The molecule has 2 aromatic carbocycles. The van der Waals surface area contributed by atoms with Gasteiger partial charge in [0.1, 0.15) is 5.82 Å². The molecule has 6 nitrogen and oxygen atoms in total. The van der Waals surface area contributed by atoms with Crippen LogP contribution in [0.25, 0.3) is 0 Å². The van der Waals surface area contributed by atoms with E-state index in [1.54, 1.807) is 42.5 Å². The molecule has 2 aliphatic heterocycles. The van der Waals surface area contributed by atoms with Crippen LogP contribution in [0.5, 0.6) is 0 Å². The molecule has 4 rings (SSSR count). The number of hydrogen-bond donors (Lipinski definition) is 0. The fraction of sp³-hybridized carbons (Fsp3) is 0.435. The zero-order valence-corrected chi connectivity index (χ0v) is 18.3. The number of likely N-dealkylation sites (tertiary alicyclic amines) is 1. The molecule has 0 radical (unpaired) electrons. The Morgan fingerprint density at radius 1 is 0.935 bits per heavy atom. The first-order valence-electron chi connectivity index (χ1n) is 10.7. The molecule has 2 aromatic rings. The summed E-state index contributed by atoms with van der Waals surface area (Å²) in [6.07, 6.45) is 1.79. The third-order valence-corrected chi connectivity index (χ3v) is 8.02. The maximum atomic E-state index is 13.1. The average molecular weight is 446 g/mol. The number of hydrogen-bond acceptors (Lipinski definition) is 4. The van der Waals surface area contributed by atoms with Crippen LogP contribution >= 0.6 is 0 Å². The number of carbonyl (C=O) groups is 1. The summed E-state index contributed by atoms with van der Waals surface area (Å²) in [6.45, 7) is 3.76. The molecule has 0 bridgehead atoms. The Morgan fingerprint density at radius 3 is 2.29 bits per heavy atom. The van der Waals surface area contributed by atoms with E-state index < -0.39 is 10.0 Å². The van der Waals surface area contributed by atoms with E-state index in [4.69, 9.17) is 0 Å². The molecule has 0 aliphatic carbocycles. The van der Waals surface area contributed by atoms with Crippen LogP contribution in [-0.2, 0) is 21.4 Å². The summed E-state index contributed by atoms with van der Waals surface area (Å²) < 4.78 is 40.2. The fourth-order valence-electron chi connectivity index (χ4n) is 4.40. The van der Waals surface area contributed by atoms with E-state index >= 15 is 0 Å².